The fraction of sp³-hybridized carbons (Fsp3) is 0.214. The smallest absolute Gasteiger partial charge is 0.0249 e. The van der Waals surface area contributed by atoms with Gasteiger partial charge in [-0.3, -0.25) is 0 Å². The number of hydrogen-bond acceptors (Lipinski definition) is 0. The van der Waals surface area contributed by atoms with E-state index in [-0.39, 0.29) is 0 Å². The number of rotatable bonds is 0. The van der Waals surface area contributed by atoms with Crippen molar-refractivity contribution in [2.24, 2.45) is 0 Å². The Labute approximate surface area is 171 Å². The minimum atomic E-state index is 0.997. The van der Waals surface area contributed by atoms with Crippen LogP contribution in [0, 0.1) is 37.5 Å². The van der Waals surface area contributed by atoms with Crippen LogP contribution in [0.5, 0.6) is 0 Å². The Kier molecular flexibility index (Phi) is 10.6. The third-order valence-electron chi connectivity index (χ3n) is 3.69. The van der Waals surface area contributed by atoms with Gasteiger partial charge in [-0.15, -0.1) is 0 Å². The maximum atomic E-state index is 3.19. The Balaban J connectivity index is 0.000000921. The van der Waals surface area contributed by atoms with E-state index >= 15 is 0 Å². The van der Waals surface area contributed by atoms with E-state index in [0.717, 1.165) is 22.3 Å². The van der Waals surface area contributed by atoms with Gasteiger partial charge in [-0.05, 0) is 62.4 Å². The van der Waals surface area contributed by atoms with Gasteiger partial charge in [0.25, 0.3) is 0 Å². The Hall–Kier alpha value is -3.22. The van der Waals surface area contributed by atoms with Crippen LogP contribution in [0.3, 0.4) is 0 Å². The highest BCUT2D eigenvalue weighted by atomic mass is 13.9. The molecule has 0 aromatic heterocycles. The Bertz CT molecular complexity index is 851. The van der Waals surface area contributed by atoms with Gasteiger partial charge in [-0.25, -0.2) is 0 Å². The molecule has 0 radical (unpaired) electrons. The number of benzene rings is 3. The van der Waals surface area contributed by atoms with Gasteiger partial charge in [0.05, 0.1) is 0 Å². The molecule has 0 saturated carbocycles. The van der Waals surface area contributed by atoms with Crippen LogP contribution in [0.15, 0.2) is 72.8 Å². The van der Waals surface area contributed by atoms with Crippen LogP contribution < -0.4 is 0 Å². The van der Waals surface area contributed by atoms with Crippen LogP contribution in [0.1, 0.15) is 61.1 Å². The molecule has 0 amide bonds. The van der Waals surface area contributed by atoms with Gasteiger partial charge < -0.3 is 0 Å². The highest BCUT2D eigenvalue weighted by molar-refractivity contribution is 5.48. The zero-order valence-corrected chi connectivity index (χ0v) is 17.9. The zero-order valence-electron chi connectivity index (χ0n) is 17.9. The summed E-state index contributed by atoms with van der Waals surface area (Å²) < 4.78 is 0. The van der Waals surface area contributed by atoms with Crippen LogP contribution in [0.2, 0.25) is 0 Å². The monoisotopic (exact) mass is 366 g/mol. The molecule has 3 rings (SSSR count). The van der Waals surface area contributed by atoms with Crippen molar-refractivity contribution in [2.45, 2.75) is 41.5 Å². The first kappa shape index (κ1) is 22.8. The molecule has 0 unspecified atom stereocenters. The first-order valence-electron chi connectivity index (χ1n) is 9.96. The lowest BCUT2D eigenvalue weighted by atomic mass is 10.1. The molecule has 0 heterocycles. The van der Waals surface area contributed by atoms with Gasteiger partial charge in [0.15, 0.2) is 0 Å². The van der Waals surface area contributed by atoms with Gasteiger partial charge in [0.2, 0.25) is 0 Å². The molecule has 3 aromatic rings. The van der Waals surface area contributed by atoms with Crippen molar-refractivity contribution < 1.29 is 0 Å². The van der Waals surface area contributed by atoms with E-state index < -0.39 is 0 Å². The van der Waals surface area contributed by atoms with Crippen molar-refractivity contribution in [2.75, 3.05) is 0 Å². The van der Waals surface area contributed by atoms with E-state index in [4.69, 9.17) is 0 Å². The second-order valence-electron chi connectivity index (χ2n) is 5.81. The van der Waals surface area contributed by atoms with Crippen molar-refractivity contribution in [3.63, 3.8) is 0 Å². The van der Waals surface area contributed by atoms with Crippen LogP contribution in [-0.4, -0.2) is 0 Å². The molecule has 0 atom stereocenters. The maximum Gasteiger partial charge on any atom is 0.0249 e. The second kappa shape index (κ2) is 13.0. The molecule has 28 heavy (non-hydrogen) atoms. The third-order valence-corrected chi connectivity index (χ3v) is 3.69. The second-order valence-corrected chi connectivity index (χ2v) is 5.81. The third kappa shape index (κ3) is 7.99. The predicted octanol–water partition coefficient (Wildman–Crippen LogP) is 7.16. The lowest BCUT2D eigenvalue weighted by Gasteiger charge is -1.94. The molecule has 0 heteroatoms. The van der Waals surface area contributed by atoms with Gasteiger partial charge in [0.1, 0.15) is 0 Å². The number of aryl methyl sites for hydroxylation is 2. The zero-order chi connectivity index (χ0) is 20.8. The summed E-state index contributed by atoms with van der Waals surface area (Å²) in [6.07, 6.45) is 0. The van der Waals surface area contributed by atoms with Crippen molar-refractivity contribution >= 4 is 0 Å². The highest BCUT2D eigenvalue weighted by Crippen LogP contribution is 2.06. The highest BCUT2D eigenvalue weighted by Gasteiger charge is 1.91. The first-order chi connectivity index (χ1) is 13.7. The largest absolute Gasteiger partial charge is 0.0683 e. The van der Waals surface area contributed by atoms with E-state index in [1.807, 2.05) is 76.2 Å². The summed E-state index contributed by atoms with van der Waals surface area (Å²) in [5, 5.41) is 0. The molecule has 0 nitrogen and oxygen atoms in total. The van der Waals surface area contributed by atoms with Gasteiger partial charge in [-0.2, -0.15) is 0 Å². The molecule has 0 aliphatic carbocycles. The Morgan fingerprint density at radius 1 is 0.357 bits per heavy atom. The van der Waals surface area contributed by atoms with E-state index in [2.05, 4.69) is 61.8 Å². The molecule has 0 N–H and O–H groups in total. The summed E-state index contributed by atoms with van der Waals surface area (Å²) in [6.45, 7) is 12.2. The van der Waals surface area contributed by atoms with Crippen molar-refractivity contribution in [1.29, 1.82) is 0 Å². The molecule has 0 saturated heterocycles. The average molecular weight is 367 g/mol. The number of hydrogen-bond donors (Lipinski definition) is 0. The molecular weight excluding hydrogens is 336 g/mol. The van der Waals surface area contributed by atoms with Gasteiger partial charge in [0, 0.05) is 22.3 Å². The van der Waals surface area contributed by atoms with Crippen LogP contribution >= 0.6 is 0 Å². The van der Waals surface area contributed by atoms with Crippen molar-refractivity contribution in [3.8, 4) is 23.7 Å². The topological polar surface area (TPSA) is 0 Å². The van der Waals surface area contributed by atoms with Crippen LogP contribution in [0.25, 0.3) is 0 Å². The predicted molar refractivity (Wildman–Crippen MR) is 123 cm³/mol. The van der Waals surface area contributed by atoms with E-state index in [0.29, 0.717) is 0 Å². The first-order valence-corrected chi connectivity index (χ1v) is 9.96. The fourth-order valence-corrected chi connectivity index (χ4v) is 2.20. The van der Waals surface area contributed by atoms with Gasteiger partial charge in [-0.1, -0.05) is 86.8 Å². The van der Waals surface area contributed by atoms with Gasteiger partial charge >= 0.3 is 0 Å². The molecule has 142 valence electrons. The molecule has 3 aromatic carbocycles. The fourth-order valence-electron chi connectivity index (χ4n) is 2.20. The average Bonchev–Trinajstić information content (AvgIpc) is 2.76. The molecule has 0 aliphatic heterocycles. The minimum absolute atomic E-state index is 0.997. The van der Waals surface area contributed by atoms with E-state index in [1.165, 1.54) is 11.1 Å². The standard InChI is InChI=1S/C24H18.2C2H6/c1-19-3-7-21(8-4-19)11-13-23-15-17-24(18-16-23)14-12-22-9-5-20(2)6-10-22;2*1-2/h3-10,15-18H,1-2H3;2*1-2H3. The van der Waals surface area contributed by atoms with Crippen molar-refractivity contribution in [1.82, 2.24) is 0 Å². The summed E-state index contributed by atoms with van der Waals surface area (Å²) >= 11 is 0. The Morgan fingerprint density at radius 2 is 0.536 bits per heavy atom. The molecule has 0 bridgehead atoms. The lowest BCUT2D eigenvalue weighted by Crippen LogP contribution is -1.80. The summed E-state index contributed by atoms with van der Waals surface area (Å²) in [4.78, 5) is 0. The maximum absolute atomic E-state index is 3.19. The van der Waals surface area contributed by atoms with Crippen LogP contribution in [0.4, 0.5) is 0 Å². The van der Waals surface area contributed by atoms with Crippen LogP contribution in [-0.2, 0) is 0 Å². The molecule has 0 fully saturated rings. The molecule has 0 spiro atoms. The van der Waals surface area contributed by atoms with E-state index in [9.17, 15) is 0 Å². The molecular formula is C28H30. The van der Waals surface area contributed by atoms with Crippen molar-refractivity contribution in [3.05, 3.63) is 106 Å². The summed E-state index contributed by atoms with van der Waals surface area (Å²) in [5.41, 5.74) is 6.55. The normalized spacial score (nSPS) is 8.50. The van der Waals surface area contributed by atoms with E-state index in [1.54, 1.807) is 0 Å². The Morgan fingerprint density at radius 3 is 0.750 bits per heavy atom. The lowest BCUT2D eigenvalue weighted by molar-refractivity contribution is 1.46. The summed E-state index contributed by atoms with van der Waals surface area (Å²) in [5.74, 6) is 12.7. The summed E-state index contributed by atoms with van der Waals surface area (Å²) in [7, 11) is 0. The SMILES string of the molecule is CC.CC.Cc1ccc(C#Cc2ccc(C#Cc3ccc(C)cc3)cc2)cc1. The summed E-state index contributed by atoms with van der Waals surface area (Å²) in [6, 6.07) is 24.5. The quantitative estimate of drug-likeness (QED) is 0.370. The molecule has 0 aliphatic rings. The minimum Gasteiger partial charge on any atom is -0.0683 e.